The normalized spacial score (nSPS) is 13.8. The number of hydrogen-bond donors (Lipinski definition) is 2. The van der Waals surface area contributed by atoms with Crippen molar-refractivity contribution in [2.24, 2.45) is 0 Å². The molecular formula is C29H29N9O. The number of nitriles is 1. The third kappa shape index (κ3) is 5.48. The van der Waals surface area contributed by atoms with Crippen molar-refractivity contribution in [3.63, 3.8) is 0 Å². The van der Waals surface area contributed by atoms with Crippen LogP contribution in [0.25, 0.3) is 22.2 Å². The molecule has 0 aliphatic carbocycles. The molecule has 1 amide bonds. The summed E-state index contributed by atoms with van der Waals surface area (Å²) in [6.07, 6.45) is 12.9. The van der Waals surface area contributed by atoms with Gasteiger partial charge >= 0.3 is 0 Å². The van der Waals surface area contributed by atoms with E-state index in [-0.39, 0.29) is 5.91 Å². The lowest BCUT2D eigenvalue weighted by atomic mass is 10.0. The van der Waals surface area contributed by atoms with E-state index in [1.54, 1.807) is 36.4 Å². The van der Waals surface area contributed by atoms with E-state index in [4.69, 9.17) is 10.4 Å². The Morgan fingerprint density at radius 3 is 2.69 bits per heavy atom. The second kappa shape index (κ2) is 11.6. The van der Waals surface area contributed by atoms with Crippen LogP contribution >= 0.6 is 0 Å². The quantitative estimate of drug-likeness (QED) is 0.343. The Hall–Kier alpha value is -5.04. The minimum absolute atomic E-state index is 0.163. The molecule has 0 saturated carbocycles. The van der Waals surface area contributed by atoms with E-state index >= 15 is 0 Å². The molecule has 0 bridgehead atoms. The Bertz CT molecular complexity index is 1540. The Balaban J connectivity index is 1.31. The number of carbonyl (C=O) groups excluding carboxylic acids is 1. The van der Waals surface area contributed by atoms with Crippen LogP contribution in [-0.2, 0) is 11.2 Å². The summed E-state index contributed by atoms with van der Waals surface area (Å²) in [6, 6.07) is 12.0. The zero-order chi connectivity index (χ0) is 27.2. The number of nitrogens with zero attached hydrogens (tertiary/aromatic N) is 7. The Morgan fingerprint density at radius 1 is 1.18 bits per heavy atom. The van der Waals surface area contributed by atoms with Crippen LogP contribution in [0.5, 0.6) is 0 Å². The fourth-order valence-electron chi connectivity index (χ4n) is 4.82. The molecule has 0 atom stereocenters. The van der Waals surface area contributed by atoms with Gasteiger partial charge in [-0.3, -0.25) is 9.78 Å². The van der Waals surface area contributed by atoms with E-state index in [0.717, 1.165) is 28.1 Å². The number of nitrogens with one attached hydrogen (secondary N) is 2. The summed E-state index contributed by atoms with van der Waals surface area (Å²) in [5, 5.41) is 24.8. The molecular weight excluding hydrogens is 490 g/mol. The molecule has 10 heteroatoms. The SMILES string of the molecule is CN/C=C(\C=N)c1cc(-c2ccc(N3CCN(C(=O)CCc4cccnc4)CC3)nc2)c2c(C#N)cnn2c1. The van der Waals surface area contributed by atoms with Gasteiger partial charge in [0.15, 0.2) is 0 Å². The summed E-state index contributed by atoms with van der Waals surface area (Å²) in [5.41, 5.74) is 5.38. The van der Waals surface area contributed by atoms with Crippen molar-refractivity contribution in [1.29, 1.82) is 10.7 Å². The third-order valence-corrected chi connectivity index (χ3v) is 6.89. The second-order valence-corrected chi connectivity index (χ2v) is 9.27. The average molecular weight is 520 g/mol. The smallest absolute Gasteiger partial charge is 0.223 e. The van der Waals surface area contributed by atoms with E-state index in [1.165, 1.54) is 6.21 Å². The van der Waals surface area contributed by atoms with Crippen molar-refractivity contribution in [2.75, 3.05) is 38.1 Å². The molecule has 5 heterocycles. The van der Waals surface area contributed by atoms with Crippen molar-refractivity contribution in [2.45, 2.75) is 12.8 Å². The van der Waals surface area contributed by atoms with E-state index in [0.29, 0.717) is 55.7 Å². The summed E-state index contributed by atoms with van der Waals surface area (Å²) >= 11 is 0. The fourth-order valence-corrected chi connectivity index (χ4v) is 4.82. The maximum Gasteiger partial charge on any atom is 0.223 e. The minimum atomic E-state index is 0.163. The van der Waals surface area contributed by atoms with Crippen LogP contribution in [-0.4, -0.2) is 69.8 Å². The van der Waals surface area contributed by atoms with Gasteiger partial charge in [0, 0.05) is 99.1 Å². The Labute approximate surface area is 226 Å². The number of rotatable bonds is 8. The van der Waals surface area contributed by atoms with Crippen molar-refractivity contribution >= 4 is 29.0 Å². The van der Waals surface area contributed by atoms with Crippen LogP contribution in [0.4, 0.5) is 5.82 Å². The van der Waals surface area contributed by atoms with Crippen LogP contribution in [0.1, 0.15) is 23.1 Å². The molecule has 4 aromatic rings. The van der Waals surface area contributed by atoms with Gasteiger partial charge in [-0.25, -0.2) is 9.50 Å². The second-order valence-electron chi connectivity index (χ2n) is 9.27. The van der Waals surface area contributed by atoms with Crippen molar-refractivity contribution < 1.29 is 4.79 Å². The number of hydrogen-bond acceptors (Lipinski definition) is 8. The number of anilines is 1. The molecule has 0 aromatic carbocycles. The molecule has 196 valence electrons. The van der Waals surface area contributed by atoms with Gasteiger partial charge in [0.1, 0.15) is 11.9 Å². The van der Waals surface area contributed by atoms with Crippen molar-refractivity contribution in [3.8, 4) is 17.2 Å². The van der Waals surface area contributed by atoms with Crippen LogP contribution < -0.4 is 10.2 Å². The highest BCUT2D eigenvalue weighted by atomic mass is 16.2. The van der Waals surface area contributed by atoms with Crippen molar-refractivity contribution in [3.05, 3.63) is 84.2 Å². The summed E-state index contributed by atoms with van der Waals surface area (Å²) in [4.78, 5) is 25.7. The number of allylic oxidation sites excluding steroid dienone is 1. The lowest BCUT2D eigenvalue weighted by molar-refractivity contribution is -0.131. The topological polar surface area (TPSA) is 126 Å². The van der Waals surface area contributed by atoms with Gasteiger partial charge in [0.25, 0.3) is 0 Å². The molecule has 0 radical (unpaired) electrons. The average Bonchev–Trinajstić information content (AvgIpc) is 3.42. The van der Waals surface area contributed by atoms with E-state index < -0.39 is 0 Å². The predicted molar refractivity (Wildman–Crippen MR) is 150 cm³/mol. The van der Waals surface area contributed by atoms with E-state index in [9.17, 15) is 10.1 Å². The van der Waals surface area contributed by atoms with Crippen LogP contribution in [0.2, 0.25) is 0 Å². The molecule has 1 saturated heterocycles. The summed E-state index contributed by atoms with van der Waals surface area (Å²) in [5.74, 6) is 1.01. The zero-order valence-corrected chi connectivity index (χ0v) is 21.7. The number of aryl methyl sites for hydroxylation is 1. The first-order chi connectivity index (χ1) is 19.1. The molecule has 0 unspecified atom stereocenters. The van der Waals surface area contributed by atoms with Gasteiger partial charge in [-0.2, -0.15) is 10.4 Å². The summed E-state index contributed by atoms with van der Waals surface area (Å²) < 4.78 is 1.68. The van der Waals surface area contributed by atoms with Crippen LogP contribution in [0, 0.1) is 16.7 Å². The van der Waals surface area contributed by atoms with E-state index in [1.807, 2.05) is 47.6 Å². The molecule has 4 aromatic heterocycles. The first-order valence-electron chi connectivity index (χ1n) is 12.8. The largest absolute Gasteiger partial charge is 0.393 e. The lowest BCUT2D eigenvalue weighted by Crippen LogP contribution is -2.49. The molecule has 0 spiro atoms. The highest BCUT2D eigenvalue weighted by molar-refractivity contribution is 6.08. The Kier molecular flexibility index (Phi) is 7.59. The molecule has 5 rings (SSSR count). The number of pyridine rings is 3. The van der Waals surface area contributed by atoms with E-state index in [2.05, 4.69) is 26.4 Å². The summed E-state index contributed by atoms with van der Waals surface area (Å²) in [6.45, 7) is 2.74. The van der Waals surface area contributed by atoms with Gasteiger partial charge in [0.05, 0.1) is 17.3 Å². The van der Waals surface area contributed by atoms with Crippen LogP contribution in [0.3, 0.4) is 0 Å². The fraction of sp³-hybridized carbons (Fsp3) is 0.241. The van der Waals surface area contributed by atoms with Gasteiger partial charge in [0.2, 0.25) is 5.91 Å². The number of fused-ring (bicyclic) bond motifs is 1. The zero-order valence-electron chi connectivity index (χ0n) is 21.7. The third-order valence-electron chi connectivity index (χ3n) is 6.89. The van der Waals surface area contributed by atoms with Crippen molar-refractivity contribution in [1.82, 2.24) is 29.8 Å². The maximum absolute atomic E-state index is 12.7. The molecule has 10 nitrogen and oxygen atoms in total. The van der Waals surface area contributed by atoms with Gasteiger partial charge in [-0.1, -0.05) is 6.07 Å². The van der Waals surface area contributed by atoms with Gasteiger partial charge in [-0.15, -0.1) is 0 Å². The Morgan fingerprint density at radius 2 is 2.03 bits per heavy atom. The van der Waals surface area contributed by atoms with Gasteiger partial charge < -0.3 is 20.5 Å². The summed E-state index contributed by atoms with van der Waals surface area (Å²) in [7, 11) is 1.78. The number of piperazine rings is 1. The van der Waals surface area contributed by atoms with Crippen LogP contribution in [0.15, 0.2) is 67.5 Å². The predicted octanol–water partition coefficient (Wildman–Crippen LogP) is 3.15. The number of aromatic nitrogens is 4. The van der Waals surface area contributed by atoms with Gasteiger partial charge in [-0.05, 0) is 36.2 Å². The lowest BCUT2D eigenvalue weighted by Gasteiger charge is -2.35. The first-order valence-corrected chi connectivity index (χ1v) is 12.8. The monoisotopic (exact) mass is 519 g/mol. The maximum atomic E-state index is 12.7. The molecule has 39 heavy (non-hydrogen) atoms. The number of carbonyl (C=O) groups is 1. The molecule has 1 aliphatic heterocycles. The highest BCUT2D eigenvalue weighted by Gasteiger charge is 2.22. The molecule has 1 aliphatic rings. The molecule has 1 fully saturated rings. The molecule has 2 N–H and O–H groups in total. The highest BCUT2D eigenvalue weighted by Crippen LogP contribution is 2.30. The number of amides is 1. The first kappa shape index (κ1) is 25.6. The standard InChI is InChI=1S/C29H29N9O/c1-32-17-24(14-30)23-13-26(29-25(15-31)19-35-38(29)20-23)22-5-6-27(34-18-22)36-9-11-37(12-10-36)28(39)7-4-21-3-2-8-33-16-21/h2-3,5-6,8,13-14,16-20,30,32H,4,7,9-12H2,1H3/b24-17+,30-14?. The minimum Gasteiger partial charge on any atom is -0.393 e.